The summed E-state index contributed by atoms with van der Waals surface area (Å²) in [4.78, 5) is 8.25. The summed E-state index contributed by atoms with van der Waals surface area (Å²) in [6.07, 6.45) is 5.12. The molecule has 4 nitrogen and oxygen atoms in total. The summed E-state index contributed by atoms with van der Waals surface area (Å²) < 4.78 is 5.31. The van der Waals surface area contributed by atoms with Crippen LogP contribution in [0.5, 0.6) is 5.75 Å². The number of thioether (sulfide) groups is 1. The first kappa shape index (κ1) is 12.9. The number of benzene rings is 1. The first-order chi connectivity index (χ1) is 8.83. The Balaban J connectivity index is 2.06. The largest absolute Gasteiger partial charge is 0.496 e. The Kier molecular flexibility index (Phi) is 4.55. The molecular formula is C13H15N3OS. The maximum absolute atomic E-state index is 5.64. The molecule has 5 heteroatoms. The maximum Gasteiger partial charge on any atom is 0.123 e. The molecule has 2 rings (SSSR count). The minimum absolute atomic E-state index is 0.487. The lowest BCUT2D eigenvalue weighted by Gasteiger charge is -2.08. The Bertz CT molecular complexity index is 505. The highest BCUT2D eigenvalue weighted by molar-refractivity contribution is 7.98. The highest BCUT2D eigenvalue weighted by Crippen LogP contribution is 2.25. The molecule has 94 valence electrons. The molecule has 0 spiro atoms. The van der Waals surface area contributed by atoms with Crippen molar-refractivity contribution in [2.75, 3.05) is 7.11 Å². The van der Waals surface area contributed by atoms with Crippen molar-refractivity contribution in [3.63, 3.8) is 0 Å². The minimum Gasteiger partial charge on any atom is -0.496 e. The third-order valence-electron chi connectivity index (χ3n) is 2.50. The summed E-state index contributed by atoms with van der Waals surface area (Å²) in [5, 5.41) is 0.916. The average Bonchev–Trinajstić information content (AvgIpc) is 2.45. The summed E-state index contributed by atoms with van der Waals surface area (Å²) in [6, 6.07) is 6.09. The molecule has 0 aliphatic carbocycles. The number of rotatable bonds is 5. The molecule has 0 atom stereocenters. The highest BCUT2D eigenvalue weighted by Gasteiger charge is 2.04. The van der Waals surface area contributed by atoms with Crippen LogP contribution >= 0.6 is 11.8 Å². The first-order valence-corrected chi connectivity index (χ1v) is 6.56. The second kappa shape index (κ2) is 6.37. The van der Waals surface area contributed by atoms with Gasteiger partial charge in [0.25, 0.3) is 0 Å². The van der Waals surface area contributed by atoms with E-state index in [-0.39, 0.29) is 0 Å². The predicted molar refractivity (Wildman–Crippen MR) is 72.5 cm³/mol. The first-order valence-electron chi connectivity index (χ1n) is 5.58. The zero-order valence-corrected chi connectivity index (χ0v) is 11.0. The minimum atomic E-state index is 0.487. The van der Waals surface area contributed by atoms with Crippen LogP contribution < -0.4 is 10.5 Å². The van der Waals surface area contributed by atoms with Gasteiger partial charge >= 0.3 is 0 Å². The van der Waals surface area contributed by atoms with Crippen LogP contribution in [0.3, 0.4) is 0 Å². The fourth-order valence-corrected chi connectivity index (χ4v) is 2.33. The number of nitrogens with two attached hydrogens (primary N) is 1. The van der Waals surface area contributed by atoms with E-state index in [2.05, 4.69) is 16.0 Å². The summed E-state index contributed by atoms with van der Waals surface area (Å²) in [7, 11) is 1.66. The zero-order valence-electron chi connectivity index (χ0n) is 10.2. The SMILES string of the molecule is COc1cc(CSc2cnccn2)ccc1CN. The highest BCUT2D eigenvalue weighted by atomic mass is 32.2. The lowest BCUT2D eigenvalue weighted by molar-refractivity contribution is 0.409. The smallest absolute Gasteiger partial charge is 0.123 e. The van der Waals surface area contributed by atoms with Gasteiger partial charge in [0.05, 0.1) is 13.3 Å². The van der Waals surface area contributed by atoms with Crippen molar-refractivity contribution >= 4 is 11.8 Å². The molecule has 0 unspecified atom stereocenters. The third kappa shape index (κ3) is 3.21. The van der Waals surface area contributed by atoms with E-state index in [4.69, 9.17) is 10.5 Å². The molecule has 0 aliphatic heterocycles. The Morgan fingerprint density at radius 1 is 1.33 bits per heavy atom. The van der Waals surface area contributed by atoms with Crippen LogP contribution in [0.4, 0.5) is 0 Å². The molecule has 0 fully saturated rings. The van der Waals surface area contributed by atoms with Gasteiger partial charge in [0.2, 0.25) is 0 Å². The number of ether oxygens (including phenoxy) is 1. The number of aromatic nitrogens is 2. The van der Waals surface area contributed by atoms with E-state index in [1.54, 1.807) is 37.5 Å². The Hall–Kier alpha value is -1.59. The molecule has 1 aromatic carbocycles. The zero-order chi connectivity index (χ0) is 12.8. The number of hydrogen-bond acceptors (Lipinski definition) is 5. The van der Waals surface area contributed by atoms with Gasteiger partial charge in [-0.15, -0.1) is 11.8 Å². The second-order valence-corrected chi connectivity index (χ2v) is 4.68. The van der Waals surface area contributed by atoms with Crippen molar-refractivity contribution in [3.05, 3.63) is 47.9 Å². The Morgan fingerprint density at radius 3 is 2.89 bits per heavy atom. The van der Waals surface area contributed by atoms with Gasteiger partial charge in [-0.1, -0.05) is 12.1 Å². The van der Waals surface area contributed by atoms with Crippen LogP contribution in [0.25, 0.3) is 0 Å². The molecule has 0 radical (unpaired) electrons. The molecule has 0 aliphatic rings. The molecule has 18 heavy (non-hydrogen) atoms. The fourth-order valence-electron chi connectivity index (χ4n) is 1.56. The summed E-state index contributed by atoms with van der Waals surface area (Å²) in [5.74, 6) is 1.68. The topological polar surface area (TPSA) is 61.0 Å². The van der Waals surface area contributed by atoms with Crippen LogP contribution in [0.15, 0.2) is 41.8 Å². The van der Waals surface area contributed by atoms with Gasteiger partial charge in [0.1, 0.15) is 10.8 Å². The molecular weight excluding hydrogens is 246 g/mol. The number of hydrogen-bond donors (Lipinski definition) is 1. The lowest BCUT2D eigenvalue weighted by atomic mass is 10.1. The van der Waals surface area contributed by atoms with E-state index in [1.165, 1.54) is 5.56 Å². The van der Waals surface area contributed by atoms with Gasteiger partial charge in [0, 0.05) is 30.3 Å². The normalized spacial score (nSPS) is 10.3. The van der Waals surface area contributed by atoms with Crippen molar-refractivity contribution in [2.24, 2.45) is 5.73 Å². The molecule has 1 heterocycles. The molecule has 2 aromatic rings. The molecule has 0 saturated heterocycles. The molecule has 0 amide bonds. The molecule has 2 N–H and O–H groups in total. The number of methoxy groups -OCH3 is 1. The van der Waals surface area contributed by atoms with Crippen molar-refractivity contribution in [2.45, 2.75) is 17.3 Å². The predicted octanol–water partition coefficient (Wildman–Crippen LogP) is 2.24. The molecule has 0 saturated carbocycles. The maximum atomic E-state index is 5.64. The van der Waals surface area contributed by atoms with Crippen LogP contribution in [-0.2, 0) is 12.3 Å². The lowest BCUT2D eigenvalue weighted by Crippen LogP contribution is -2.00. The number of nitrogens with zero attached hydrogens (tertiary/aromatic N) is 2. The molecule has 1 aromatic heterocycles. The van der Waals surface area contributed by atoms with Crippen LogP contribution in [0.2, 0.25) is 0 Å². The van der Waals surface area contributed by atoms with E-state index in [9.17, 15) is 0 Å². The van der Waals surface area contributed by atoms with E-state index < -0.39 is 0 Å². The van der Waals surface area contributed by atoms with Gasteiger partial charge in [-0.25, -0.2) is 4.98 Å². The summed E-state index contributed by atoms with van der Waals surface area (Å²) >= 11 is 1.65. The second-order valence-electron chi connectivity index (χ2n) is 3.68. The van der Waals surface area contributed by atoms with E-state index in [0.717, 1.165) is 22.1 Å². The van der Waals surface area contributed by atoms with E-state index >= 15 is 0 Å². The van der Waals surface area contributed by atoms with Crippen molar-refractivity contribution in [1.82, 2.24) is 9.97 Å². The monoisotopic (exact) mass is 261 g/mol. The van der Waals surface area contributed by atoms with Crippen molar-refractivity contribution in [1.29, 1.82) is 0 Å². The van der Waals surface area contributed by atoms with Crippen molar-refractivity contribution < 1.29 is 4.74 Å². The standard InChI is InChI=1S/C13H15N3OS/c1-17-12-6-10(2-3-11(12)7-14)9-18-13-8-15-4-5-16-13/h2-6,8H,7,9,14H2,1H3. The third-order valence-corrected chi connectivity index (χ3v) is 3.48. The van der Waals surface area contributed by atoms with Crippen molar-refractivity contribution in [3.8, 4) is 5.75 Å². The van der Waals surface area contributed by atoms with Crippen LogP contribution in [-0.4, -0.2) is 17.1 Å². The van der Waals surface area contributed by atoms with Crippen LogP contribution in [0.1, 0.15) is 11.1 Å². The molecule has 0 bridgehead atoms. The Labute approximate surface area is 111 Å². The van der Waals surface area contributed by atoms with Gasteiger partial charge in [-0.3, -0.25) is 4.98 Å². The van der Waals surface area contributed by atoms with Gasteiger partial charge in [-0.2, -0.15) is 0 Å². The Morgan fingerprint density at radius 2 is 2.22 bits per heavy atom. The van der Waals surface area contributed by atoms with Crippen LogP contribution in [0, 0.1) is 0 Å². The average molecular weight is 261 g/mol. The van der Waals surface area contributed by atoms with Gasteiger partial charge in [0.15, 0.2) is 0 Å². The van der Waals surface area contributed by atoms with E-state index in [0.29, 0.717) is 6.54 Å². The quantitative estimate of drug-likeness (QED) is 0.836. The summed E-state index contributed by atoms with van der Waals surface area (Å²) in [6.45, 7) is 0.487. The van der Waals surface area contributed by atoms with Gasteiger partial charge < -0.3 is 10.5 Å². The fraction of sp³-hybridized carbons (Fsp3) is 0.231. The van der Waals surface area contributed by atoms with E-state index in [1.807, 2.05) is 12.1 Å². The van der Waals surface area contributed by atoms with Gasteiger partial charge in [-0.05, 0) is 11.6 Å². The summed E-state index contributed by atoms with van der Waals surface area (Å²) in [5.41, 5.74) is 7.84.